The highest BCUT2D eigenvalue weighted by Gasteiger charge is 2.36. The molecule has 2 atom stereocenters. The first kappa shape index (κ1) is 27.1. The molecule has 4 heterocycles. The zero-order valence-electron chi connectivity index (χ0n) is 26.4. The van der Waals surface area contributed by atoms with Crippen LogP contribution in [0.15, 0.2) is 163 Å². The van der Waals surface area contributed by atoms with Gasteiger partial charge in [-0.3, -0.25) is 4.57 Å². The lowest BCUT2D eigenvalue weighted by Crippen LogP contribution is -2.10. The van der Waals surface area contributed by atoms with E-state index in [0.29, 0.717) is 11.2 Å². The van der Waals surface area contributed by atoms with Gasteiger partial charge < -0.3 is 4.57 Å². The number of rotatable bonds is 3. The Morgan fingerprint density at radius 1 is 0.510 bits per heavy atom. The molecule has 3 aromatic heterocycles. The number of para-hydroxylation sites is 3. The van der Waals surface area contributed by atoms with E-state index in [-0.39, 0.29) is 5.92 Å². The van der Waals surface area contributed by atoms with Crippen molar-refractivity contribution in [3.05, 3.63) is 163 Å². The molecule has 1 aliphatic heterocycles. The maximum Gasteiger partial charge on any atom is 0.236 e. The zero-order chi connectivity index (χ0) is 32.1. The summed E-state index contributed by atoms with van der Waals surface area (Å²) < 4.78 is 4.66. The molecule has 0 amide bonds. The van der Waals surface area contributed by atoms with Crippen molar-refractivity contribution in [3.8, 4) is 22.9 Å². The van der Waals surface area contributed by atoms with Crippen molar-refractivity contribution < 1.29 is 0 Å². The molecule has 0 saturated carbocycles. The molecule has 0 radical (unpaired) electrons. The molecule has 9 aromatic rings. The Morgan fingerprint density at radius 2 is 1.16 bits per heavy atom. The van der Waals surface area contributed by atoms with Crippen LogP contribution in [-0.2, 0) is 0 Å². The fraction of sp³-hybridized carbons (Fsp3) is 0.0455. The lowest BCUT2D eigenvalue weighted by molar-refractivity contribution is 0.838. The fourth-order valence-electron chi connectivity index (χ4n) is 8.08. The number of aromatic nitrogens is 4. The van der Waals surface area contributed by atoms with Gasteiger partial charge in [0.2, 0.25) is 5.95 Å². The summed E-state index contributed by atoms with van der Waals surface area (Å²) in [6.07, 6.45) is 8.96. The van der Waals surface area contributed by atoms with Gasteiger partial charge in [0.1, 0.15) is 5.03 Å². The molecule has 11 rings (SSSR count). The smallest absolute Gasteiger partial charge is 0.236 e. The molecule has 2 aliphatic rings. The Balaban J connectivity index is 1.22. The number of benzene rings is 6. The van der Waals surface area contributed by atoms with Crippen LogP contribution in [0.25, 0.3) is 77.3 Å². The van der Waals surface area contributed by atoms with Crippen molar-refractivity contribution in [1.29, 1.82) is 0 Å². The fourth-order valence-corrected chi connectivity index (χ4v) is 9.37. The van der Waals surface area contributed by atoms with Crippen molar-refractivity contribution in [2.45, 2.75) is 16.2 Å². The molecule has 0 N–H and O–H groups in total. The normalized spacial score (nSPS) is 16.7. The summed E-state index contributed by atoms with van der Waals surface area (Å²) in [5.41, 5.74) is 9.05. The Morgan fingerprint density at radius 3 is 2.00 bits per heavy atom. The van der Waals surface area contributed by atoms with Crippen molar-refractivity contribution >= 4 is 66.1 Å². The lowest BCUT2D eigenvalue weighted by atomic mass is 9.90. The predicted octanol–water partition coefficient (Wildman–Crippen LogP) is 11.2. The Hall–Kier alpha value is -5.91. The largest absolute Gasteiger partial charge is 0.309 e. The maximum absolute atomic E-state index is 5.56. The summed E-state index contributed by atoms with van der Waals surface area (Å²) in [5, 5.41) is 8.68. The summed E-state index contributed by atoms with van der Waals surface area (Å²) >= 11 is 1.85. The first-order valence-corrected chi connectivity index (χ1v) is 17.6. The van der Waals surface area contributed by atoms with E-state index in [9.17, 15) is 0 Å². The van der Waals surface area contributed by atoms with E-state index >= 15 is 0 Å². The van der Waals surface area contributed by atoms with Crippen LogP contribution in [-0.4, -0.2) is 24.4 Å². The van der Waals surface area contributed by atoms with Gasteiger partial charge in [0.05, 0.1) is 27.8 Å². The first-order valence-electron chi connectivity index (χ1n) is 16.8. The van der Waals surface area contributed by atoms with E-state index in [2.05, 4.69) is 167 Å². The zero-order valence-corrected chi connectivity index (χ0v) is 27.2. The monoisotopic (exact) mass is 644 g/mol. The molecule has 49 heavy (non-hydrogen) atoms. The number of hydrogen-bond donors (Lipinski definition) is 0. The Bertz CT molecular complexity index is 2880. The van der Waals surface area contributed by atoms with Gasteiger partial charge in [-0.1, -0.05) is 127 Å². The number of allylic oxidation sites excluding steroid dienone is 3. The van der Waals surface area contributed by atoms with Gasteiger partial charge in [-0.05, 0) is 53.2 Å². The van der Waals surface area contributed by atoms with Gasteiger partial charge in [0.25, 0.3) is 0 Å². The van der Waals surface area contributed by atoms with Crippen LogP contribution in [0.1, 0.15) is 11.5 Å². The molecule has 6 aromatic carbocycles. The average Bonchev–Trinajstić information content (AvgIpc) is 3.81. The second-order valence-corrected chi connectivity index (χ2v) is 14.1. The molecule has 5 heteroatoms. The van der Waals surface area contributed by atoms with Gasteiger partial charge >= 0.3 is 0 Å². The number of nitrogens with zero attached hydrogens (tertiary/aromatic N) is 4. The van der Waals surface area contributed by atoms with Gasteiger partial charge in [-0.15, -0.1) is 0 Å². The minimum absolute atomic E-state index is 0.215. The second kappa shape index (κ2) is 10.3. The van der Waals surface area contributed by atoms with Gasteiger partial charge in [-0.25, -0.2) is 9.97 Å². The molecule has 1 aliphatic carbocycles. The minimum atomic E-state index is 0.215. The van der Waals surface area contributed by atoms with Crippen LogP contribution >= 0.6 is 11.8 Å². The highest BCUT2D eigenvalue weighted by molar-refractivity contribution is 8.00. The minimum Gasteiger partial charge on any atom is -0.309 e. The summed E-state index contributed by atoms with van der Waals surface area (Å²) in [4.78, 5) is 11.0. The van der Waals surface area contributed by atoms with E-state index in [1.807, 2.05) is 11.8 Å². The van der Waals surface area contributed by atoms with Gasteiger partial charge in [0, 0.05) is 49.5 Å². The van der Waals surface area contributed by atoms with Crippen LogP contribution in [0.4, 0.5) is 0 Å². The van der Waals surface area contributed by atoms with E-state index in [1.54, 1.807) is 0 Å². The summed E-state index contributed by atoms with van der Waals surface area (Å²) in [6.45, 7) is 0. The first-order chi connectivity index (χ1) is 24.3. The van der Waals surface area contributed by atoms with Crippen LogP contribution in [0.3, 0.4) is 0 Å². The molecule has 0 bridgehead atoms. The highest BCUT2D eigenvalue weighted by Crippen LogP contribution is 2.51. The van der Waals surface area contributed by atoms with Crippen LogP contribution < -0.4 is 0 Å². The van der Waals surface area contributed by atoms with Crippen molar-refractivity contribution in [1.82, 2.24) is 19.1 Å². The van der Waals surface area contributed by atoms with Crippen LogP contribution in [0.5, 0.6) is 0 Å². The van der Waals surface area contributed by atoms with Crippen molar-refractivity contribution in [3.63, 3.8) is 0 Å². The van der Waals surface area contributed by atoms with Gasteiger partial charge in [0.15, 0.2) is 0 Å². The molecule has 0 fully saturated rings. The third-order valence-corrected chi connectivity index (χ3v) is 11.5. The lowest BCUT2D eigenvalue weighted by Gasteiger charge is -2.18. The molecule has 0 saturated heterocycles. The summed E-state index contributed by atoms with van der Waals surface area (Å²) in [7, 11) is 0. The van der Waals surface area contributed by atoms with Crippen LogP contribution in [0.2, 0.25) is 0 Å². The summed E-state index contributed by atoms with van der Waals surface area (Å²) in [5.74, 6) is 0.921. The SMILES string of the molecule is C1=CC2Sc3nc(-n4c5ccccc5c5cc6ccccc6cc54)nc(-c4ccc5c6ccccc6n(-c6ccccc6)c5c4)c3C2C=C1. The Kier molecular flexibility index (Phi) is 5.69. The highest BCUT2D eigenvalue weighted by atomic mass is 32.2. The molecule has 2 unspecified atom stereocenters. The van der Waals surface area contributed by atoms with E-state index < -0.39 is 0 Å². The topological polar surface area (TPSA) is 35.6 Å². The maximum atomic E-state index is 5.56. The number of fused-ring (bicyclic) bond motifs is 10. The van der Waals surface area contributed by atoms with E-state index in [0.717, 1.165) is 33.0 Å². The Labute approximate surface area is 286 Å². The van der Waals surface area contributed by atoms with E-state index in [1.165, 1.54) is 48.9 Å². The van der Waals surface area contributed by atoms with Crippen LogP contribution in [0, 0.1) is 0 Å². The van der Waals surface area contributed by atoms with Crippen molar-refractivity contribution in [2.24, 2.45) is 0 Å². The molecule has 230 valence electrons. The predicted molar refractivity (Wildman–Crippen MR) is 204 cm³/mol. The second-order valence-electron chi connectivity index (χ2n) is 13.0. The van der Waals surface area contributed by atoms with Crippen molar-refractivity contribution in [2.75, 3.05) is 0 Å². The average molecular weight is 645 g/mol. The number of thioether (sulfide) groups is 1. The summed E-state index contributed by atoms with van der Waals surface area (Å²) in [6, 6.07) is 48.1. The number of hydrogen-bond acceptors (Lipinski definition) is 3. The third-order valence-electron chi connectivity index (χ3n) is 10.3. The molecule has 0 spiro atoms. The third kappa shape index (κ3) is 3.94. The standard InChI is InChI=1S/C44H28N4S/c1-2-14-30(15-3-1)47-36-19-9-6-16-31(36)33-23-22-29(26-38(33)47)42-41-34-18-8-11-21-40(34)49-43(41)46-44(45-42)48-37-20-10-7-17-32(37)35-24-27-12-4-5-13-28(27)25-39(35)48/h1-26,34,40H. The molecular formula is C44H28N4S. The quantitative estimate of drug-likeness (QED) is 0.180. The molecule has 4 nitrogen and oxygen atoms in total. The molecular weight excluding hydrogens is 617 g/mol. The van der Waals surface area contributed by atoms with E-state index in [4.69, 9.17) is 9.97 Å². The van der Waals surface area contributed by atoms with Gasteiger partial charge in [-0.2, -0.15) is 0 Å².